The second-order valence-electron chi connectivity index (χ2n) is 6.02. The highest BCUT2D eigenvalue weighted by molar-refractivity contribution is 9.10. The monoisotopic (exact) mass is 482 g/mol. The molecule has 2 heterocycles. The molecule has 2 aromatic heterocycles. The summed E-state index contributed by atoms with van der Waals surface area (Å²) in [6, 6.07) is 7.60. The predicted molar refractivity (Wildman–Crippen MR) is 111 cm³/mol. The van der Waals surface area contributed by atoms with Crippen molar-refractivity contribution in [3.05, 3.63) is 64.9 Å². The predicted octanol–water partition coefficient (Wildman–Crippen LogP) is 4.00. The summed E-state index contributed by atoms with van der Waals surface area (Å²) in [6.07, 6.45) is 4.77. The normalized spacial score (nSPS) is 11.4. The smallest absolute Gasteiger partial charge is 0.304 e. The van der Waals surface area contributed by atoms with Gasteiger partial charge in [-0.1, -0.05) is 0 Å². The molecule has 0 fully saturated rings. The van der Waals surface area contributed by atoms with Gasteiger partial charge in [0.2, 0.25) is 0 Å². The summed E-state index contributed by atoms with van der Waals surface area (Å²) in [5, 5.41) is 8.80. The van der Waals surface area contributed by atoms with Crippen molar-refractivity contribution in [3.8, 4) is 22.9 Å². The lowest BCUT2D eigenvalue weighted by atomic mass is 10.1. The number of carbonyl (C=O) groups is 1. The van der Waals surface area contributed by atoms with Gasteiger partial charge in [-0.3, -0.25) is 9.78 Å². The van der Waals surface area contributed by atoms with E-state index in [1.807, 2.05) is 0 Å². The number of carboxylic acid groups (broad SMARTS) is 1. The lowest BCUT2D eigenvalue weighted by molar-refractivity contribution is -0.137. The topological polar surface area (TPSA) is 111 Å². The molecule has 0 aliphatic rings. The van der Waals surface area contributed by atoms with Crippen LogP contribution in [0.15, 0.2) is 53.4 Å². The SMILES string of the molecule is Cl.NC(CC(=O)O)Cc1cncc(-c2ccc(Oc3ncc(Br)cc3F)cc2)n1. The minimum absolute atomic E-state index is 0. The Bertz CT molecular complexity index is 991. The molecule has 0 spiro atoms. The van der Waals surface area contributed by atoms with E-state index in [0.717, 1.165) is 5.56 Å². The molecule has 0 saturated heterocycles. The zero-order valence-corrected chi connectivity index (χ0v) is 17.4. The van der Waals surface area contributed by atoms with E-state index in [0.29, 0.717) is 28.0 Å². The number of hydrogen-bond donors (Lipinski definition) is 2. The molecule has 0 bridgehead atoms. The van der Waals surface area contributed by atoms with Gasteiger partial charge in [-0.15, -0.1) is 12.4 Å². The number of pyridine rings is 1. The van der Waals surface area contributed by atoms with E-state index in [2.05, 4.69) is 30.9 Å². The van der Waals surface area contributed by atoms with Gasteiger partial charge in [-0.05, 0) is 46.3 Å². The minimum atomic E-state index is -0.955. The summed E-state index contributed by atoms with van der Waals surface area (Å²) >= 11 is 3.14. The Balaban J connectivity index is 0.00000300. The summed E-state index contributed by atoms with van der Waals surface area (Å²) < 4.78 is 19.8. The largest absolute Gasteiger partial charge is 0.481 e. The van der Waals surface area contributed by atoms with Gasteiger partial charge >= 0.3 is 5.97 Å². The highest BCUT2D eigenvalue weighted by Gasteiger charge is 2.12. The van der Waals surface area contributed by atoms with Crippen LogP contribution >= 0.6 is 28.3 Å². The second-order valence-corrected chi connectivity index (χ2v) is 6.94. The number of benzene rings is 1. The van der Waals surface area contributed by atoms with Crippen LogP contribution in [0.4, 0.5) is 4.39 Å². The number of aliphatic carboxylic acids is 1. The molecule has 152 valence electrons. The Morgan fingerprint density at radius 3 is 2.62 bits per heavy atom. The third kappa shape index (κ3) is 6.45. The maximum absolute atomic E-state index is 13.8. The van der Waals surface area contributed by atoms with Crippen molar-refractivity contribution in [2.45, 2.75) is 18.9 Å². The van der Waals surface area contributed by atoms with E-state index >= 15 is 0 Å². The van der Waals surface area contributed by atoms with Crippen molar-refractivity contribution in [2.75, 3.05) is 0 Å². The fraction of sp³-hybridized carbons (Fsp3) is 0.158. The van der Waals surface area contributed by atoms with Crippen molar-refractivity contribution < 1.29 is 19.0 Å². The Labute approximate surface area is 180 Å². The first-order valence-corrected chi connectivity index (χ1v) is 9.07. The molecule has 7 nitrogen and oxygen atoms in total. The summed E-state index contributed by atoms with van der Waals surface area (Å²) in [5.41, 5.74) is 7.80. The van der Waals surface area contributed by atoms with Gasteiger partial charge in [0.1, 0.15) is 5.75 Å². The van der Waals surface area contributed by atoms with Crippen LogP contribution in [-0.2, 0) is 11.2 Å². The molecule has 0 saturated carbocycles. The van der Waals surface area contributed by atoms with E-state index in [1.165, 1.54) is 12.3 Å². The first kappa shape index (κ1) is 22.7. The second kappa shape index (κ2) is 10.2. The molecular weight excluding hydrogens is 467 g/mol. The lowest BCUT2D eigenvalue weighted by Crippen LogP contribution is -2.26. The van der Waals surface area contributed by atoms with Crippen molar-refractivity contribution >= 4 is 34.3 Å². The number of nitrogens with zero attached hydrogens (tertiary/aromatic N) is 3. The van der Waals surface area contributed by atoms with Crippen molar-refractivity contribution in [1.82, 2.24) is 15.0 Å². The van der Waals surface area contributed by atoms with E-state index in [9.17, 15) is 9.18 Å². The van der Waals surface area contributed by atoms with Crippen LogP contribution in [0, 0.1) is 5.82 Å². The van der Waals surface area contributed by atoms with Gasteiger partial charge in [-0.2, -0.15) is 0 Å². The first-order valence-electron chi connectivity index (χ1n) is 8.28. The zero-order chi connectivity index (χ0) is 20.1. The Morgan fingerprint density at radius 2 is 1.97 bits per heavy atom. The van der Waals surface area contributed by atoms with Crippen molar-refractivity contribution in [3.63, 3.8) is 0 Å². The molecule has 1 aromatic carbocycles. The van der Waals surface area contributed by atoms with Gasteiger partial charge in [-0.25, -0.2) is 14.4 Å². The number of rotatable bonds is 7. The van der Waals surface area contributed by atoms with E-state index in [-0.39, 0.29) is 24.7 Å². The van der Waals surface area contributed by atoms with Gasteiger partial charge in [0.25, 0.3) is 5.88 Å². The fourth-order valence-electron chi connectivity index (χ4n) is 2.49. The Hall–Kier alpha value is -2.62. The van der Waals surface area contributed by atoms with Crippen LogP contribution in [0.1, 0.15) is 12.1 Å². The molecule has 1 unspecified atom stereocenters. The van der Waals surface area contributed by atoms with Gasteiger partial charge in [0, 0.05) is 34.9 Å². The molecule has 0 aliphatic heterocycles. The number of hydrogen-bond acceptors (Lipinski definition) is 6. The Kier molecular flexibility index (Phi) is 8.00. The van der Waals surface area contributed by atoms with Crippen LogP contribution in [-0.4, -0.2) is 32.1 Å². The third-order valence-electron chi connectivity index (χ3n) is 3.73. The highest BCUT2D eigenvalue weighted by Crippen LogP contribution is 2.26. The van der Waals surface area contributed by atoms with Crippen LogP contribution in [0.5, 0.6) is 11.6 Å². The third-order valence-corrected chi connectivity index (χ3v) is 4.16. The average Bonchev–Trinajstić information content (AvgIpc) is 2.64. The zero-order valence-electron chi connectivity index (χ0n) is 15.0. The maximum atomic E-state index is 13.8. The fourth-order valence-corrected chi connectivity index (χ4v) is 2.79. The standard InChI is InChI=1S/C19H16BrFN4O3.ClH/c20-12-5-16(21)19(24-8-12)28-15-3-1-11(2-4-15)17-10-23-9-14(25-17)6-13(22)7-18(26)27;/h1-5,8-10,13H,6-7,22H2,(H,26,27);1H. The summed E-state index contributed by atoms with van der Waals surface area (Å²) in [7, 11) is 0. The summed E-state index contributed by atoms with van der Waals surface area (Å²) in [4.78, 5) is 23.2. The van der Waals surface area contributed by atoms with Crippen LogP contribution < -0.4 is 10.5 Å². The molecule has 0 amide bonds. The number of aromatic nitrogens is 3. The molecule has 0 aliphatic carbocycles. The molecule has 3 N–H and O–H groups in total. The molecule has 3 rings (SSSR count). The lowest BCUT2D eigenvalue weighted by Gasteiger charge is -2.10. The summed E-state index contributed by atoms with van der Waals surface area (Å²) in [5.74, 6) is -1.23. The molecule has 0 radical (unpaired) electrons. The highest BCUT2D eigenvalue weighted by atomic mass is 79.9. The number of ether oxygens (including phenoxy) is 1. The minimum Gasteiger partial charge on any atom is -0.481 e. The van der Waals surface area contributed by atoms with Crippen LogP contribution in [0.2, 0.25) is 0 Å². The number of halogens is 3. The van der Waals surface area contributed by atoms with E-state index in [1.54, 1.807) is 36.7 Å². The summed E-state index contributed by atoms with van der Waals surface area (Å²) in [6.45, 7) is 0. The number of nitrogens with two attached hydrogens (primary N) is 1. The molecular formula is C19H17BrClFN4O3. The quantitative estimate of drug-likeness (QED) is 0.522. The van der Waals surface area contributed by atoms with Crippen molar-refractivity contribution in [1.29, 1.82) is 0 Å². The average molecular weight is 484 g/mol. The number of carboxylic acids is 1. The van der Waals surface area contributed by atoms with E-state index < -0.39 is 17.8 Å². The van der Waals surface area contributed by atoms with Gasteiger partial charge < -0.3 is 15.6 Å². The maximum Gasteiger partial charge on any atom is 0.304 e. The van der Waals surface area contributed by atoms with Gasteiger partial charge in [0.05, 0.1) is 24.0 Å². The molecule has 1 atom stereocenters. The van der Waals surface area contributed by atoms with Crippen LogP contribution in [0.25, 0.3) is 11.3 Å². The van der Waals surface area contributed by atoms with Crippen LogP contribution in [0.3, 0.4) is 0 Å². The first-order chi connectivity index (χ1) is 13.4. The van der Waals surface area contributed by atoms with Crippen molar-refractivity contribution in [2.24, 2.45) is 5.73 Å². The molecule has 29 heavy (non-hydrogen) atoms. The molecule has 10 heteroatoms. The Morgan fingerprint density at radius 1 is 1.24 bits per heavy atom. The van der Waals surface area contributed by atoms with Gasteiger partial charge in [0.15, 0.2) is 5.82 Å². The molecule has 3 aromatic rings. The van der Waals surface area contributed by atoms with E-state index in [4.69, 9.17) is 15.6 Å².